The zero-order valence-corrected chi connectivity index (χ0v) is 14.1. The van der Waals surface area contributed by atoms with Crippen LogP contribution < -0.4 is 10.0 Å². The van der Waals surface area contributed by atoms with E-state index in [1.54, 1.807) is 30.3 Å². The summed E-state index contributed by atoms with van der Waals surface area (Å²) >= 11 is 2.13. The molecule has 1 amide bonds. The molecule has 0 heterocycles. The van der Waals surface area contributed by atoms with Crippen LogP contribution in [-0.4, -0.2) is 21.4 Å². The first-order valence-corrected chi connectivity index (χ1v) is 8.59. The predicted molar refractivity (Wildman–Crippen MR) is 89.8 cm³/mol. The van der Waals surface area contributed by atoms with E-state index in [-0.39, 0.29) is 10.8 Å². The lowest BCUT2D eigenvalue weighted by molar-refractivity contribution is 0.102. The topological polar surface area (TPSA) is 75.3 Å². The maximum Gasteiger partial charge on any atom is 0.255 e. The quantitative estimate of drug-likeness (QED) is 0.753. The molecule has 2 rings (SSSR count). The van der Waals surface area contributed by atoms with Crippen molar-refractivity contribution < 1.29 is 13.2 Å². The SMILES string of the molecule is CNS(=O)(=O)c1ccc(NC(=O)c2cccc(I)c2)cc1. The molecular formula is C14H13IN2O3S. The number of amides is 1. The van der Waals surface area contributed by atoms with E-state index in [9.17, 15) is 13.2 Å². The molecule has 0 aromatic heterocycles. The number of hydrogen-bond donors (Lipinski definition) is 2. The Labute approximate surface area is 137 Å². The van der Waals surface area contributed by atoms with E-state index < -0.39 is 10.0 Å². The van der Waals surface area contributed by atoms with Crippen LogP contribution >= 0.6 is 22.6 Å². The second kappa shape index (κ2) is 6.54. The summed E-state index contributed by atoms with van der Waals surface area (Å²) in [5.74, 6) is -0.238. The molecule has 0 radical (unpaired) electrons. The molecule has 2 aromatic rings. The molecule has 7 heteroatoms. The highest BCUT2D eigenvalue weighted by Crippen LogP contribution is 2.15. The molecule has 0 aliphatic carbocycles. The van der Waals surface area contributed by atoms with Crippen molar-refractivity contribution >= 4 is 44.2 Å². The Morgan fingerprint density at radius 3 is 2.33 bits per heavy atom. The number of carbonyl (C=O) groups is 1. The fourth-order valence-corrected chi connectivity index (χ4v) is 2.94. The van der Waals surface area contributed by atoms with Crippen LogP contribution in [-0.2, 0) is 10.0 Å². The number of hydrogen-bond acceptors (Lipinski definition) is 3. The van der Waals surface area contributed by atoms with Gasteiger partial charge in [-0.15, -0.1) is 0 Å². The fraction of sp³-hybridized carbons (Fsp3) is 0.0714. The van der Waals surface area contributed by atoms with Gasteiger partial charge in [-0.2, -0.15) is 0 Å². The van der Waals surface area contributed by atoms with E-state index in [1.165, 1.54) is 19.2 Å². The standard InChI is InChI=1S/C14H13IN2O3S/c1-16-21(19,20)13-7-5-12(6-8-13)17-14(18)10-3-2-4-11(15)9-10/h2-9,16H,1H3,(H,17,18). The highest BCUT2D eigenvalue weighted by molar-refractivity contribution is 14.1. The van der Waals surface area contributed by atoms with E-state index in [4.69, 9.17) is 0 Å². The molecule has 110 valence electrons. The maximum atomic E-state index is 12.1. The number of nitrogens with one attached hydrogen (secondary N) is 2. The zero-order chi connectivity index (χ0) is 15.5. The molecule has 0 aliphatic heterocycles. The van der Waals surface area contributed by atoms with Crippen LogP contribution in [0.25, 0.3) is 0 Å². The Morgan fingerprint density at radius 1 is 1.10 bits per heavy atom. The molecule has 0 unspecified atom stereocenters. The summed E-state index contributed by atoms with van der Waals surface area (Å²) in [6.45, 7) is 0. The van der Waals surface area contributed by atoms with Crippen LogP contribution in [0.5, 0.6) is 0 Å². The third-order valence-electron chi connectivity index (χ3n) is 2.78. The number of rotatable bonds is 4. The van der Waals surface area contributed by atoms with Gasteiger partial charge >= 0.3 is 0 Å². The largest absolute Gasteiger partial charge is 0.322 e. The van der Waals surface area contributed by atoms with Crippen molar-refractivity contribution in [3.63, 3.8) is 0 Å². The summed E-state index contributed by atoms with van der Waals surface area (Å²) in [4.78, 5) is 12.2. The number of sulfonamides is 1. The summed E-state index contributed by atoms with van der Waals surface area (Å²) in [6, 6.07) is 13.2. The average molecular weight is 416 g/mol. The van der Waals surface area contributed by atoms with Gasteiger partial charge in [0.25, 0.3) is 5.91 Å². The third-order valence-corrected chi connectivity index (χ3v) is 4.88. The minimum absolute atomic E-state index is 0.150. The molecule has 5 nitrogen and oxygen atoms in total. The van der Waals surface area contributed by atoms with E-state index >= 15 is 0 Å². The molecular weight excluding hydrogens is 403 g/mol. The van der Waals surface area contributed by atoms with Crippen molar-refractivity contribution in [1.29, 1.82) is 0 Å². The molecule has 0 atom stereocenters. The van der Waals surface area contributed by atoms with Crippen molar-refractivity contribution in [2.45, 2.75) is 4.90 Å². The van der Waals surface area contributed by atoms with E-state index in [0.717, 1.165) is 3.57 Å². The van der Waals surface area contributed by atoms with Gasteiger partial charge in [0.05, 0.1) is 4.90 Å². The zero-order valence-electron chi connectivity index (χ0n) is 11.1. The predicted octanol–water partition coefficient (Wildman–Crippen LogP) is 2.45. The maximum absolute atomic E-state index is 12.1. The summed E-state index contributed by atoms with van der Waals surface area (Å²) in [5, 5.41) is 2.72. The minimum atomic E-state index is -3.46. The van der Waals surface area contributed by atoms with Crippen LogP contribution in [0.3, 0.4) is 0 Å². The molecule has 0 aliphatic rings. The van der Waals surface area contributed by atoms with Gasteiger partial charge in [0.1, 0.15) is 0 Å². The molecule has 2 N–H and O–H groups in total. The first-order chi connectivity index (χ1) is 9.92. The molecule has 21 heavy (non-hydrogen) atoms. The van der Waals surface area contributed by atoms with Gasteiger partial charge in [-0.3, -0.25) is 4.79 Å². The van der Waals surface area contributed by atoms with Gasteiger partial charge in [-0.1, -0.05) is 6.07 Å². The fourth-order valence-electron chi connectivity index (χ4n) is 1.67. The summed E-state index contributed by atoms with van der Waals surface area (Å²) in [6.07, 6.45) is 0. The Hall–Kier alpha value is -1.45. The van der Waals surface area contributed by atoms with Crippen molar-refractivity contribution in [2.24, 2.45) is 0 Å². The van der Waals surface area contributed by atoms with E-state index in [0.29, 0.717) is 11.3 Å². The average Bonchev–Trinajstić information content (AvgIpc) is 2.48. The van der Waals surface area contributed by atoms with Crippen molar-refractivity contribution in [2.75, 3.05) is 12.4 Å². The monoisotopic (exact) mass is 416 g/mol. The van der Waals surface area contributed by atoms with Gasteiger partial charge in [-0.05, 0) is 72.1 Å². The lowest BCUT2D eigenvalue weighted by Crippen LogP contribution is -2.18. The Balaban J connectivity index is 2.16. The Morgan fingerprint density at radius 2 is 1.76 bits per heavy atom. The minimum Gasteiger partial charge on any atom is -0.322 e. The number of halogens is 1. The molecule has 2 aromatic carbocycles. The second-order valence-electron chi connectivity index (χ2n) is 4.20. The first kappa shape index (κ1) is 15.9. The molecule has 0 bridgehead atoms. The highest BCUT2D eigenvalue weighted by Gasteiger charge is 2.11. The van der Waals surface area contributed by atoms with E-state index in [2.05, 4.69) is 32.6 Å². The lowest BCUT2D eigenvalue weighted by atomic mass is 10.2. The van der Waals surface area contributed by atoms with Crippen LogP contribution in [0.1, 0.15) is 10.4 Å². The van der Waals surface area contributed by atoms with Crippen LogP contribution in [0.4, 0.5) is 5.69 Å². The number of anilines is 1. The Kier molecular flexibility index (Phi) is 4.96. The summed E-state index contributed by atoms with van der Waals surface area (Å²) in [7, 11) is -2.12. The third kappa shape index (κ3) is 4.02. The highest BCUT2D eigenvalue weighted by atomic mass is 127. The smallest absolute Gasteiger partial charge is 0.255 e. The number of carbonyl (C=O) groups excluding carboxylic acids is 1. The molecule has 0 fully saturated rings. The van der Waals surface area contributed by atoms with Gasteiger partial charge in [0, 0.05) is 14.8 Å². The van der Waals surface area contributed by atoms with Gasteiger partial charge < -0.3 is 5.32 Å². The van der Waals surface area contributed by atoms with Crippen molar-refractivity contribution in [1.82, 2.24) is 4.72 Å². The van der Waals surface area contributed by atoms with Crippen LogP contribution in [0.15, 0.2) is 53.4 Å². The molecule has 0 spiro atoms. The Bertz CT molecular complexity index is 758. The lowest BCUT2D eigenvalue weighted by Gasteiger charge is -2.07. The van der Waals surface area contributed by atoms with Crippen molar-refractivity contribution in [3.8, 4) is 0 Å². The van der Waals surface area contributed by atoms with Crippen LogP contribution in [0.2, 0.25) is 0 Å². The first-order valence-electron chi connectivity index (χ1n) is 6.03. The molecule has 0 saturated heterocycles. The van der Waals surface area contributed by atoms with Gasteiger partial charge in [0.2, 0.25) is 10.0 Å². The summed E-state index contributed by atoms with van der Waals surface area (Å²) < 4.78 is 26.4. The van der Waals surface area contributed by atoms with Crippen LogP contribution in [0, 0.1) is 3.57 Å². The van der Waals surface area contributed by atoms with Gasteiger partial charge in [0.15, 0.2) is 0 Å². The van der Waals surface area contributed by atoms with Gasteiger partial charge in [-0.25, -0.2) is 13.1 Å². The second-order valence-corrected chi connectivity index (χ2v) is 7.33. The van der Waals surface area contributed by atoms with E-state index in [1.807, 2.05) is 6.07 Å². The normalized spacial score (nSPS) is 11.1. The summed E-state index contributed by atoms with van der Waals surface area (Å²) in [5.41, 5.74) is 1.09. The molecule has 0 saturated carbocycles. The van der Waals surface area contributed by atoms with Crippen molar-refractivity contribution in [3.05, 3.63) is 57.7 Å². The number of benzene rings is 2.